The fraction of sp³-hybridized carbons (Fsp3) is 0.857. The predicted molar refractivity (Wildman–Crippen MR) is 66.4 cm³/mol. The van der Waals surface area contributed by atoms with Crippen molar-refractivity contribution in [3.63, 3.8) is 0 Å². The Labute approximate surface area is 90.8 Å². The molecule has 0 aliphatic rings. The lowest BCUT2D eigenvalue weighted by Crippen LogP contribution is -2.16. The van der Waals surface area contributed by atoms with Gasteiger partial charge in [-0.25, -0.2) is 0 Å². The molecule has 0 spiro atoms. The molecule has 0 bridgehead atoms. The van der Waals surface area contributed by atoms with E-state index in [1.807, 2.05) is 0 Å². The molecule has 0 heterocycles. The first-order chi connectivity index (χ1) is 6.29. The summed E-state index contributed by atoms with van der Waals surface area (Å²) in [6.45, 7) is 16.1. The third-order valence-electron chi connectivity index (χ3n) is 2.88. The fourth-order valence-electron chi connectivity index (χ4n) is 2.20. The normalized spacial score (nSPS) is 16.1. The average molecular weight is 196 g/mol. The first-order valence-electron chi connectivity index (χ1n) is 5.95. The van der Waals surface area contributed by atoms with Crippen LogP contribution in [-0.2, 0) is 0 Å². The fourth-order valence-corrected chi connectivity index (χ4v) is 2.20. The van der Waals surface area contributed by atoms with Gasteiger partial charge in [0.05, 0.1) is 0 Å². The Kier molecular flexibility index (Phi) is 5.48. The van der Waals surface area contributed by atoms with Gasteiger partial charge in [-0.3, -0.25) is 0 Å². The van der Waals surface area contributed by atoms with Gasteiger partial charge in [0, 0.05) is 0 Å². The summed E-state index contributed by atoms with van der Waals surface area (Å²) in [5, 5.41) is 0. The maximum Gasteiger partial charge on any atom is -0.0170 e. The molecule has 0 N–H and O–H groups in total. The molecule has 0 saturated heterocycles. The van der Waals surface area contributed by atoms with Crippen LogP contribution in [0.25, 0.3) is 0 Å². The summed E-state index contributed by atoms with van der Waals surface area (Å²) in [4.78, 5) is 0. The average Bonchev–Trinajstić information content (AvgIpc) is 1.99. The second-order valence-electron chi connectivity index (χ2n) is 5.87. The Hall–Kier alpha value is -0.260. The second kappa shape index (κ2) is 5.58. The molecule has 0 nitrogen and oxygen atoms in total. The van der Waals surface area contributed by atoms with E-state index in [-0.39, 0.29) is 0 Å². The third-order valence-corrected chi connectivity index (χ3v) is 2.88. The van der Waals surface area contributed by atoms with Gasteiger partial charge >= 0.3 is 0 Å². The molecular formula is C14H28. The smallest absolute Gasteiger partial charge is 0.0170 e. The van der Waals surface area contributed by atoms with Gasteiger partial charge in [-0.1, -0.05) is 59.6 Å². The van der Waals surface area contributed by atoms with E-state index in [0.29, 0.717) is 5.41 Å². The summed E-state index contributed by atoms with van der Waals surface area (Å²) in [5.74, 6) is 1.57. The summed E-state index contributed by atoms with van der Waals surface area (Å²) in [6, 6.07) is 0. The van der Waals surface area contributed by atoms with Crippen molar-refractivity contribution in [2.24, 2.45) is 17.3 Å². The van der Waals surface area contributed by atoms with Gasteiger partial charge in [-0.15, -0.1) is 0 Å². The standard InChI is InChI=1S/C14H28/c1-8-13(14(5,6)7)12(4)10-9-11(2)3/h8,11-12H,9-10H2,1-7H3. The van der Waals surface area contributed by atoms with Gasteiger partial charge in [0.2, 0.25) is 0 Å². The molecule has 0 rings (SSSR count). The number of rotatable bonds is 4. The maximum atomic E-state index is 2.36. The van der Waals surface area contributed by atoms with Gasteiger partial charge in [0.15, 0.2) is 0 Å². The molecule has 84 valence electrons. The molecule has 0 aliphatic carbocycles. The molecule has 0 aromatic heterocycles. The Balaban J connectivity index is 4.28. The summed E-state index contributed by atoms with van der Waals surface area (Å²) in [5.41, 5.74) is 1.95. The number of allylic oxidation sites excluding steroid dienone is 2. The summed E-state index contributed by atoms with van der Waals surface area (Å²) in [7, 11) is 0. The zero-order valence-electron chi connectivity index (χ0n) is 11.1. The van der Waals surface area contributed by atoms with E-state index >= 15 is 0 Å². The minimum absolute atomic E-state index is 0.338. The van der Waals surface area contributed by atoms with Crippen LogP contribution in [0, 0.1) is 17.3 Å². The zero-order valence-corrected chi connectivity index (χ0v) is 11.1. The zero-order chi connectivity index (χ0) is 11.4. The lowest BCUT2D eigenvalue weighted by atomic mass is 9.77. The predicted octanol–water partition coefficient (Wildman–Crippen LogP) is 5.05. The monoisotopic (exact) mass is 196 g/mol. The molecule has 14 heavy (non-hydrogen) atoms. The minimum atomic E-state index is 0.338. The molecule has 0 saturated carbocycles. The topological polar surface area (TPSA) is 0 Å². The molecule has 0 fully saturated rings. The second-order valence-corrected chi connectivity index (χ2v) is 5.87. The van der Waals surface area contributed by atoms with E-state index in [2.05, 4.69) is 54.5 Å². The highest BCUT2D eigenvalue weighted by Crippen LogP contribution is 2.33. The van der Waals surface area contributed by atoms with E-state index in [4.69, 9.17) is 0 Å². The van der Waals surface area contributed by atoms with Crippen molar-refractivity contribution in [2.75, 3.05) is 0 Å². The van der Waals surface area contributed by atoms with E-state index in [1.54, 1.807) is 5.57 Å². The van der Waals surface area contributed by atoms with Gasteiger partial charge in [-0.05, 0) is 30.6 Å². The van der Waals surface area contributed by atoms with Crippen LogP contribution in [-0.4, -0.2) is 0 Å². The van der Waals surface area contributed by atoms with Crippen molar-refractivity contribution in [3.8, 4) is 0 Å². The summed E-state index contributed by atoms with van der Waals surface area (Å²) < 4.78 is 0. The lowest BCUT2D eigenvalue weighted by Gasteiger charge is -2.28. The molecular weight excluding hydrogens is 168 g/mol. The largest absolute Gasteiger partial charge is 0.0877 e. The number of hydrogen-bond donors (Lipinski definition) is 0. The lowest BCUT2D eigenvalue weighted by molar-refractivity contribution is 0.397. The van der Waals surface area contributed by atoms with Gasteiger partial charge in [0.1, 0.15) is 0 Å². The Bertz CT molecular complexity index is 179. The molecule has 0 amide bonds. The molecule has 0 radical (unpaired) electrons. The molecule has 1 atom stereocenters. The van der Waals surface area contributed by atoms with Crippen LogP contribution in [0.1, 0.15) is 61.3 Å². The van der Waals surface area contributed by atoms with E-state index in [9.17, 15) is 0 Å². The first-order valence-corrected chi connectivity index (χ1v) is 5.95. The van der Waals surface area contributed by atoms with Crippen LogP contribution >= 0.6 is 0 Å². The summed E-state index contributed by atoms with van der Waals surface area (Å²) >= 11 is 0. The molecule has 1 unspecified atom stereocenters. The van der Waals surface area contributed by atoms with E-state index in [1.165, 1.54) is 12.8 Å². The highest BCUT2D eigenvalue weighted by molar-refractivity contribution is 5.12. The van der Waals surface area contributed by atoms with Crippen molar-refractivity contribution in [1.82, 2.24) is 0 Å². The van der Waals surface area contributed by atoms with Crippen molar-refractivity contribution < 1.29 is 0 Å². The van der Waals surface area contributed by atoms with Crippen LogP contribution in [0.2, 0.25) is 0 Å². The van der Waals surface area contributed by atoms with Crippen LogP contribution in [0.15, 0.2) is 11.6 Å². The minimum Gasteiger partial charge on any atom is -0.0877 e. The van der Waals surface area contributed by atoms with Crippen molar-refractivity contribution >= 4 is 0 Å². The third kappa shape index (κ3) is 4.83. The van der Waals surface area contributed by atoms with Crippen molar-refractivity contribution in [2.45, 2.75) is 61.3 Å². The molecule has 0 aliphatic heterocycles. The quantitative estimate of drug-likeness (QED) is 0.552. The highest BCUT2D eigenvalue weighted by atomic mass is 14.3. The molecule has 0 aromatic rings. The molecule has 0 aromatic carbocycles. The van der Waals surface area contributed by atoms with E-state index in [0.717, 1.165) is 11.8 Å². The van der Waals surface area contributed by atoms with Crippen LogP contribution in [0.3, 0.4) is 0 Å². The Morgan fingerprint density at radius 2 is 1.57 bits per heavy atom. The van der Waals surface area contributed by atoms with Gasteiger partial charge in [-0.2, -0.15) is 0 Å². The summed E-state index contributed by atoms with van der Waals surface area (Å²) in [6.07, 6.45) is 4.98. The van der Waals surface area contributed by atoms with E-state index < -0.39 is 0 Å². The van der Waals surface area contributed by atoms with Crippen LogP contribution in [0.5, 0.6) is 0 Å². The number of hydrogen-bond acceptors (Lipinski definition) is 0. The van der Waals surface area contributed by atoms with Crippen LogP contribution in [0.4, 0.5) is 0 Å². The Morgan fingerprint density at radius 3 is 1.86 bits per heavy atom. The molecule has 0 heteroatoms. The Morgan fingerprint density at radius 1 is 1.07 bits per heavy atom. The first kappa shape index (κ1) is 13.7. The SMILES string of the molecule is CC=C(C(C)CCC(C)C)C(C)(C)C. The van der Waals surface area contributed by atoms with Crippen molar-refractivity contribution in [1.29, 1.82) is 0 Å². The van der Waals surface area contributed by atoms with Crippen LogP contribution < -0.4 is 0 Å². The van der Waals surface area contributed by atoms with Gasteiger partial charge in [0.25, 0.3) is 0 Å². The maximum absolute atomic E-state index is 2.36. The highest BCUT2D eigenvalue weighted by Gasteiger charge is 2.21. The van der Waals surface area contributed by atoms with Crippen molar-refractivity contribution in [3.05, 3.63) is 11.6 Å². The van der Waals surface area contributed by atoms with Gasteiger partial charge < -0.3 is 0 Å².